The number of aromatic nitrogens is 1. The van der Waals surface area contributed by atoms with Gasteiger partial charge >= 0.3 is 0 Å². The lowest BCUT2D eigenvalue weighted by molar-refractivity contribution is 0.0904. The third-order valence-corrected chi connectivity index (χ3v) is 6.78. The molecule has 2 heterocycles. The summed E-state index contributed by atoms with van der Waals surface area (Å²) < 4.78 is 27.8. The third-order valence-electron chi connectivity index (χ3n) is 5.30. The minimum absolute atomic E-state index is 0.0744. The second-order valence-electron chi connectivity index (χ2n) is 7.71. The van der Waals surface area contributed by atoms with Gasteiger partial charge < -0.3 is 4.57 Å². The number of piperidine rings is 1. The van der Waals surface area contributed by atoms with E-state index in [1.54, 1.807) is 11.8 Å². The van der Waals surface area contributed by atoms with E-state index < -0.39 is 10.0 Å². The van der Waals surface area contributed by atoms with Gasteiger partial charge in [-0.3, -0.25) is 9.69 Å². The largest absolute Gasteiger partial charge is 0.318 e. The summed E-state index contributed by atoms with van der Waals surface area (Å²) in [6, 6.07) is 10.1. The van der Waals surface area contributed by atoms with Gasteiger partial charge in [-0.15, -0.1) is 11.8 Å². The van der Waals surface area contributed by atoms with Gasteiger partial charge in [0.15, 0.2) is 5.78 Å². The molecule has 0 spiro atoms. The fourth-order valence-electron chi connectivity index (χ4n) is 4.08. The van der Waals surface area contributed by atoms with E-state index in [1.165, 1.54) is 11.2 Å². The van der Waals surface area contributed by atoms with Crippen LogP contribution in [0.4, 0.5) is 0 Å². The number of carbonyl (C=O) groups is 1. The molecule has 1 aliphatic rings. The lowest BCUT2D eigenvalue weighted by atomic mass is 10.1. The first-order valence-electron chi connectivity index (χ1n) is 9.74. The van der Waals surface area contributed by atoms with Crippen LogP contribution < -0.4 is 4.72 Å². The average molecular weight is 436 g/mol. The van der Waals surface area contributed by atoms with Crippen molar-refractivity contribution in [2.45, 2.75) is 37.6 Å². The molecule has 1 aliphatic heterocycles. The van der Waals surface area contributed by atoms with Gasteiger partial charge in [0.2, 0.25) is 10.0 Å². The Labute approximate surface area is 177 Å². The summed E-state index contributed by atoms with van der Waals surface area (Å²) in [6.45, 7) is 5.67. The van der Waals surface area contributed by atoms with E-state index in [-0.39, 0.29) is 11.8 Å². The zero-order chi connectivity index (χ0) is 21.2. The van der Waals surface area contributed by atoms with Gasteiger partial charge in [0.1, 0.15) is 0 Å². The molecule has 0 amide bonds. The van der Waals surface area contributed by atoms with E-state index in [2.05, 4.69) is 32.4 Å². The first-order chi connectivity index (χ1) is 13.7. The van der Waals surface area contributed by atoms with Crippen LogP contribution in [0.3, 0.4) is 0 Å². The summed E-state index contributed by atoms with van der Waals surface area (Å²) in [4.78, 5) is 16.3. The first kappa shape index (κ1) is 22.1. The number of Topliss-reactive ketones (excluding diaryl/α,β-unsaturated/α-hetero) is 1. The molecule has 1 N–H and O–H groups in total. The normalized spacial score (nSPS) is 18.1. The fourth-order valence-corrected chi connectivity index (χ4v) is 5.33. The Bertz CT molecular complexity index is 999. The molecule has 2 aromatic rings. The van der Waals surface area contributed by atoms with Crippen molar-refractivity contribution in [1.29, 1.82) is 0 Å². The Morgan fingerprint density at radius 3 is 2.72 bits per heavy atom. The highest BCUT2D eigenvalue weighted by molar-refractivity contribution is 7.98. The number of nitrogens with one attached hydrogen (secondary N) is 1. The topological polar surface area (TPSA) is 71.4 Å². The first-order valence-corrected chi connectivity index (χ1v) is 12.9. The second kappa shape index (κ2) is 9.04. The number of likely N-dealkylation sites (tertiary alicyclic amines) is 1. The highest BCUT2D eigenvalue weighted by Crippen LogP contribution is 2.25. The van der Waals surface area contributed by atoms with Gasteiger partial charge in [0, 0.05) is 40.1 Å². The molecule has 0 saturated carbocycles. The van der Waals surface area contributed by atoms with Gasteiger partial charge in [0.05, 0.1) is 12.8 Å². The second-order valence-corrected chi connectivity index (χ2v) is 10.4. The molecule has 1 aromatic carbocycles. The standard InChI is InChI=1S/C21H29N3O3S2/c1-15-11-20(16(2)24(15)18-8-5-9-19(12-18)28-3)21(25)14-23-10-6-7-17(13-23)22-29(4,26)27/h5,8-9,11-12,17,22H,6-7,10,13-14H2,1-4H3. The number of thioether (sulfide) groups is 1. The van der Waals surface area contributed by atoms with Crippen LogP contribution in [0.2, 0.25) is 0 Å². The molecule has 1 aromatic heterocycles. The summed E-state index contributed by atoms with van der Waals surface area (Å²) >= 11 is 1.69. The number of benzene rings is 1. The Hall–Kier alpha value is -1.61. The molecule has 0 radical (unpaired) electrons. The monoisotopic (exact) mass is 435 g/mol. The number of ketones is 1. The molecule has 6 nitrogen and oxygen atoms in total. The maximum absolute atomic E-state index is 13.0. The summed E-state index contributed by atoms with van der Waals surface area (Å²) in [5.41, 5.74) is 3.75. The van der Waals surface area contributed by atoms with Crippen molar-refractivity contribution in [2.75, 3.05) is 32.1 Å². The SMILES string of the molecule is CSc1cccc(-n2c(C)cc(C(=O)CN3CCCC(NS(C)(=O)=O)C3)c2C)c1. The summed E-state index contributed by atoms with van der Waals surface area (Å²) in [7, 11) is -3.24. The number of rotatable bonds is 7. The van der Waals surface area contributed by atoms with Crippen LogP contribution >= 0.6 is 11.8 Å². The smallest absolute Gasteiger partial charge is 0.208 e. The number of hydrogen-bond acceptors (Lipinski definition) is 5. The highest BCUT2D eigenvalue weighted by Gasteiger charge is 2.25. The zero-order valence-corrected chi connectivity index (χ0v) is 19.1. The van der Waals surface area contributed by atoms with E-state index in [0.29, 0.717) is 13.1 Å². The van der Waals surface area contributed by atoms with Crippen molar-refractivity contribution in [2.24, 2.45) is 0 Å². The van der Waals surface area contributed by atoms with Crippen molar-refractivity contribution in [1.82, 2.24) is 14.2 Å². The Morgan fingerprint density at radius 1 is 1.28 bits per heavy atom. The molecule has 0 bridgehead atoms. The number of sulfonamides is 1. The molecule has 1 fully saturated rings. The minimum Gasteiger partial charge on any atom is -0.318 e. The highest BCUT2D eigenvalue weighted by atomic mass is 32.2. The number of aryl methyl sites for hydroxylation is 1. The van der Waals surface area contributed by atoms with E-state index in [0.717, 1.165) is 42.0 Å². The van der Waals surface area contributed by atoms with Crippen molar-refractivity contribution in [3.63, 3.8) is 0 Å². The molecule has 29 heavy (non-hydrogen) atoms. The summed E-state index contributed by atoms with van der Waals surface area (Å²) in [6.07, 6.45) is 4.91. The van der Waals surface area contributed by atoms with Gasteiger partial charge in [-0.2, -0.15) is 0 Å². The van der Waals surface area contributed by atoms with Crippen LogP contribution in [0, 0.1) is 13.8 Å². The van der Waals surface area contributed by atoms with Crippen molar-refractivity contribution in [3.05, 3.63) is 47.3 Å². The summed E-state index contributed by atoms with van der Waals surface area (Å²) in [5, 5.41) is 0. The summed E-state index contributed by atoms with van der Waals surface area (Å²) in [5.74, 6) is 0.0744. The van der Waals surface area contributed by atoms with Crippen molar-refractivity contribution in [3.8, 4) is 5.69 Å². The fraction of sp³-hybridized carbons (Fsp3) is 0.476. The predicted molar refractivity (Wildman–Crippen MR) is 119 cm³/mol. The average Bonchev–Trinajstić information content (AvgIpc) is 2.95. The van der Waals surface area contributed by atoms with Crippen LogP contribution in [-0.2, 0) is 10.0 Å². The van der Waals surface area contributed by atoms with E-state index in [4.69, 9.17) is 0 Å². The molecular weight excluding hydrogens is 406 g/mol. The zero-order valence-electron chi connectivity index (χ0n) is 17.4. The van der Waals surface area contributed by atoms with Crippen LogP contribution in [-0.4, -0.2) is 61.9 Å². The molecule has 8 heteroatoms. The Morgan fingerprint density at radius 2 is 2.03 bits per heavy atom. The third kappa shape index (κ3) is 5.51. The molecule has 1 unspecified atom stereocenters. The van der Waals surface area contributed by atoms with Gasteiger partial charge in [-0.25, -0.2) is 13.1 Å². The predicted octanol–water partition coefficient (Wildman–Crippen LogP) is 3.01. The van der Waals surface area contributed by atoms with Crippen LogP contribution in [0.25, 0.3) is 5.69 Å². The number of hydrogen-bond donors (Lipinski definition) is 1. The van der Waals surface area contributed by atoms with E-state index in [1.807, 2.05) is 32.2 Å². The molecular formula is C21H29N3O3S2. The Balaban J connectivity index is 1.76. The lowest BCUT2D eigenvalue weighted by Gasteiger charge is -2.32. The van der Waals surface area contributed by atoms with Crippen LogP contribution in [0.1, 0.15) is 34.6 Å². The molecule has 158 valence electrons. The van der Waals surface area contributed by atoms with E-state index in [9.17, 15) is 13.2 Å². The van der Waals surface area contributed by atoms with Crippen LogP contribution in [0.5, 0.6) is 0 Å². The maximum atomic E-state index is 13.0. The number of carbonyl (C=O) groups excluding carboxylic acids is 1. The quantitative estimate of drug-likeness (QED) is 0.535. The van der Waals surface area contributed by atoms with Crippen molar-refractivity contribution < 1.29 is 13.2 Å². The molecule has 3 rings (SSSR count). The molecule has 1 saturated heterocycles. The molecule has 0 aliphatic carbocycles. The molecule has 1 atom stereocenters. The van der Waals surface area contributed by atoms with E-state index >= 15 is 0 Å². The number of nitrogens with zero attached hydrogens (tertiary/aromatic N) is 2. The Kier molecular flexibility index (Phi) is 6.88. The van der Waals surface area contributed by atoms with Crippen molar-refractivity contribution >= 4 is 27.6 Å². The van der Waals surface area contributed by atoms with Crippen LogP contribution in [0.15, 0.2) is 35.2 Å². The lowest BCUT2D eigenvalue weighted by Crippen LogP contribution is -2.48. The minimum atomic E-state index is -3.24. The maximum Gasteiger partial charge on any atom is 0.208 e. The van der Waals surface area contributed by atoms with Gasteiger partial charge in [-0.1, -0.05) is 6.07 Å². The van der Waals surface area contributed by atoms with Gasteiger partial charge in [-0.05, 0) is 63.8 Å². The van der Waals surface area contributed by atoms with Gasteiger partial charge in [0.25, 0.3) is 0 Å².